The van der Waals surface area contributed by atoms with Crippen LogP contribution in [-0.4, -0.2) is 36.6 Å². The Hall–Kier alpha value is -0.340. The molecule has 1 aliphatic rings. The maximum Gasteiger partial charge on any atom is 0.0208 e. The summed E-state index contributed by atoms with van der Waals surface area (Å²) >= 11 is 0. The maximum absolute atomic E-state index is 4.19. The molecule has 2 heteroatoms. The number of likely N-dealkylation sites (tertiary alicyclic amines) is 1. The van der Waals surface area contributed by atoms with Crippen LogP contribution in [0.25, 0.3) is 0 Å². The monoisotopic (exact) mass is 224 g/mol. The minimum absolute atomic E-state index is 0.743. The van der Waals surface area contributed by atoms with Gasteiger partial charge in [0.05, 0.1) is 0 Å². The topological polar surface area (TPSA) is 15.3 Å². The van der Waals surface area contributed by atoms with Gasteiger partial charge in [-0.2, -0.15) is 0 Å². The van der Waals surface area contributed by atoms with Crippen molar-refractivity contribution in [3.8, 4) is 0 Å². The first kappa shape index (κ1) is 13.7. The highest BCUT2D eigenvalue weighted by Gasteiger charge is 2.28. The van der Waals surface area contributed by atoms with Crippen LogP contribution in [0.5, 0.6) is 0 Å². The standard InChI is InChI=1S/C14H28N2/c1-5-9-15-10-12(3)11-16-13(4)7-8-14(16)6-2/h13-15H,3,5-11H2,1-2,4H3. The van der Waals surface area contributed by atoms with Gasteiger partial charge in [0.25, 0.3) is 0 Å². The average molecular weight is 224 g/mol. The van der Waals surface area contributed by atoms with E-state index >= 15 is 0 Å². The van der Waals surface area contributed by atoms with Gasteiger partial charge in [0, 0.05) is 25.2 Å². The van der Waals surface area contributed by atoms with Crippen LogP contribution >= 0.6 is 0 Å². The molecule has 0 aromatic carbocycles. The molecule has 2 nitrogen and oxygen atoms in total. The molecule has 1 rings (SSSR count). The van der Waals surface area contributed by atoms with E-state index in [4.69, 9.17) is 0 Å². The van der Waals surface area contributed by atoms with Crippen LogP contribution in [0.15, 0.2) is 12.2 Å². The molecule has 2 atom stereocenters. The van der Waals surface area contributed by atoms with Crippen molar-refractivity contribution in [1.29, 1.82) is 0 Å². The predicted octanol–water partition coefficient (Wildman–Crippen LogP) is 2.81. The molecule has 1 N–H and O–H groups in total. The second-order valence-corrected chi connectivity index (χ2v) is 5.09. The van der Waals surface area contributed by atoms with Crippen molar-refractivity contribution in [3.05, 3.63) is 12.2 Å². The molecule has 0 aromatic rings. The van der Waals surface area contributed by atoms with Crippen molar-refractivity contribution in [2.45, 2.75) is 58.5 Å². The highest BCUT2D eigenvalue weighted by Crippen LogP contribution is 2.26. The van der Waals surface area contributed by atoms with Gasteiger partial charge in [-0.3, -0.25) is 4.90 Å². The number of hydrogen-bond donors (Lipinski definition) is 1. The van der Waals surface area contributed by atoms with E-state index < -0.39 is 0 Å². The summed E-state index contributed by atoms with van der Waals surface area (Å²) in [7, 11) is 0. The quantitative estimate of drug-likeness (QED) is 0.528. The van der Waals surface area contributed by atoms with Gasteiger partial charge in [0.1, 0.15) is 0 Å². The Kier molecular flexibility index (Phi) is 6.07. The van der Waals surface area contributed by atoms with Crippen molar-refractivity contribution in [2.75, 3.05) is 19.6 Å². The Morgan fingerprint density at radius 3 is 2.75 bits per heavy atom. The fourth-order valence-corrected chi connectivity index (χ4v) is 2.60. The maximum atomic E-state index is 4.19. The van der Waals surface area contributed by atoms with Crippen molar-refractivity contribution in [2.24, 2.45) is 0 Å². The molecule has 0 radical (unpaired) electrons. The molecular formula is C14H28N2. The SMILES string of the molecule is C=C(CNCCC)CN1C(C)CCC1CC. The Bertz CT molecular complexity index is 213. The first-order valence-corrected chi connectivity index (χ1v) is 6.82. The normalized spacial score (nSPS) is 26.2. The van der Waals surface area contributed by atoms with Gasteiger partial charge in [-0.15, -0.1) is 0 Å². The molecule has 0 aliphatic carbocycles. The molecule has 1 aliphatic heterocycles. The molecule has 0 aromatic heterocycles. The zero-order valence-electron chi connectivity index (χ0n) is 11.3. The second-order valence-electron chi connectivity index (χ2n) is 5.09. The second kappa shape index (κ2) is 7.08. The first-order chi connectivity index (χ1) is 7.69. The highest BCUT2D eigenvalue weighted by atomic mass is 15.2. The van der Waals surface area contributed by atoms with E-state index in [-0.39, 0.29) is 0 Å². The molecule has 0 bridgehead atoms. The molecule has 1 heterocycles. The summed E-state index contributed by atoms with van der Waals surface area (Å²) in [6, 6.07) is 1.53. The summed E-state index contributed by atoms with van der Waals surface area (Å²) in [5.74, 6) is 0. The lowest BCUT2D eigenvalue weighted by Crippen LogP contribution is -2.37. The molecule has 16 heavy (non-hydrogen) atoms. The van der Waals surface area contributed by atoms with Gasteiger partial charge < -0.3 is 5.32 Å². The van der Waals surface area contributed by atoms with E-state index in [1.165, 1.54) is 31.3 Å². The summed E-state index contributed by atoms with van der Waals surface area (Å²) in [6.07, 6.45) is 5.20. The lowest BCUT2D eigenvalue weighted by atomic mass is 10.1. The highest BCUT2D eigenvalue weighted by molar-refractivity contribution is 5.02. The summed E-state index contributed by atoms with van der Waals surface area (Å²) in [4.78, 5) is 2.63. The zero-order valence-corrected chi connectivity index (χ0v) is 11.3. The third-order valence-corrected chi connectivity index (χ3v) is 3.63. The fourth-order valence-electron chi connectivity index (χ4n) is 2.60. The van der Waals surface area contributed by atoms with Crippen LogP contribution in [0.3, 0.4) is 0 Å². The van der Waals surface area contributed by atoms with Crippen molar-refractivity contribution < 1.29 is 0 Å². The largest absolute Gasteiger partial charge is 0.313 e. The number of nitrogens with one attached hydrogen (secondary N) is 1. The Morgan fingerprint density at radius 1 is 1.38 bits per heavy atom. The van der Waals surface area contributed by atoms with Crippen molar-refractivity contribution in [1.82, 2.24) is 10.2 Å². The summed E-state index contributed by atoms with van der Waals surface area (Å²) in [5.41, 5.74) is 1.33. The molecule has 0 saturated carbocycles. The van der Waals surface area contributed by atoms with Crippen LogP contribution < -0.4 is 5.32 Å². The minimum atomic E-state index is 0.743. The molecule has 0 amide bonds. The molecule has 1 fully saturated rings. The van der Waals surface area contributed by atoms with Gasteiger partial charge in [-0.1, -0.05) is 20.4 Å². The van der Waals surface area contributed by atoms with Crippen LogP contribution in [0.1, 0.15) is 46.5 Å². The molecule has 0 spiro atoms. The van der Waals surface area contributed by atoms with Gasteiger partial charge in [-0.05, 0) is 44.7 Å². The lowest BCUT2D eigenvalue weighted by Gasteiger charge is -2.28. The molecule has 2 unspecified atom stereocenters. The lowest BCUT2D eigenvalue weighted by molar-refractivity contribution is 0.215. The summed E-state index contributed by atoms with van der Waals surface area (Å²) in [6.45, 7) is 14.2. The van der Waals surface area contributed by atoms with E-state index in [0.717, 1.165) is 31.7 Å². The van der Waals surface area contributed by atoms with Gasteiger partial charge in [0.15, 0.2) is 0 Å². The number of nitrogens with zero attached hydrogens (tertiary/aromatic N) is 1. The molecule has 94 valence electrons. The van der Waals surface area contributed by atoms with Crippen molar-refractivity contribution in [3.63, 3.8) is 0 Å². The summed E-state index contributed by atoms with van der Waals surface area (Å²) in [5, 5.41) is 3.43. The molecule has 1 saturated heterocycles. The van der Waals surface area contributed by atoms with Gasteiger partial charge in [0.2, 0.25) is 0 Å². The van der Waals surface area contributed by atoms with Gasteiger partial charge in [-0.25, -0.2) is 0 Å². The van der Waals surface area contributed by atoms with E-state index in [9.17, 15) is 0 Å². The smallest absolute Gasteiger partial charge is 0.0208 e. The minimum Gasteiger partial charge on any atom is -0.313 e. The zero-order chi connectivity index (χ0) is 12.0. The third kappa shape index (κ3) is 3.91. The average Bonchev–Trinajstić information content (AvgIpc) is 2.61. The molecular weight excluding hydrogens is 196 g/mol. The van der Waals surface area contributed by atoms with Gasteiger partial charge >= 0.3 is 0 Å². The van der Waals surface area contributed by atoms with E-state index in [2.05, 4.69) is 37.6 Å². The predicted molar refractivity (Wildman–Crippen MR) is 71.8 cm³/mol. The van der Waals surface area contributed by atoms with Crippen LogP contribution in [0.2, 0.25) is 0 Å². The Balaban J connectivity index is 2.31. The third-order valence-electron chi connectivity index (χ3n) is 3.63. The van der Waals surface area contributed by atoms with Crippen LogP contribution in [0.4, 0.5) is 0 Å². The fraction of sp³-hybridized carbons (Fsp3) is 0.857. The summed E-state index contributed by atoms with van der Waals surface area (Å²) < 4.78 is 0. The van der Waals surface area contributed by atoms with E-state index in [1.807, 2.05) is 0 Å². The van der Waals surface area contributed by atoms with E-state index in [0.29, 0.717) is 0 Å². The number of hydrogen-bond acceptors (Lipinski definition) is 2. The first-order valence-electron chi connectivity index (χ1n) is 6.82. The Morgan fingerprint density at radius 2 is 2.12 bits per heavy atom. The van der Waals surface area contributed by atoms with Crippen LogP contribution in [-0.2, 0) is 0 Å². The van der Waals surface area contributed by atoms with E-state index in [1.54, 1.807) is 0 Å². The Labute approximate surface area is 101 Å². The van der Waals surface area contributed by atoms with Crippen molar-refractivity contribution >= 4 is 0 Å². The van der Waals surface area contributed by atoms with Crippen LogP contribution in [0, 0.1) is 0 Å². The number of rotatable bonds is 7.